The van der Waals surface area contributed by atoms with Gasteiger partial charge in [-0.05, 0) is 13.0 Å². The monoisotopic (exact) mass is 274 g/mol. The number of benzene rings is 1. The van der Waals surface area contributed by atoms with Crippen molar-refractivity contribution in [2.45, 2.75) is 17.9 Å². The van der Waals surface area contributed by atoms with Crippen molar-refractivity contribution >= 4 is 15.7 Å². The fourth-order valence-corrected chi connectivity index (χ4v) is 2.84. The van der Waals surface area contributed by atoms with Gasteiger partial charge in [0, 0.05) is 19.2 Å². The summed E-state index contributed by atoms with van der Waals surface area (Å²) in [5.74, 6) is 0. The van der Waals surface area contributed by atoms with Crippen LogP contribution < -0.4 is 0 Å². The Bertz CT molecular complexity index is 543. The first-order valence-electron chi connectivity index (χ1n) is 5.14. The molecule has 1 aromatic carbocycles. The summed E-state index contributed by atoms with van der Waals surface area (Å²) in [5, 5.41) is 19.8. The van der Waals surface area contributed by atoms with Crippen molar-refractivity contribution in [1.29, 1.82) is 0 Å². The van der Waals surface area contributed by atoms with Crippen molar-refractivity contribution in [2.75, 3.05) is 13.7 Å². The van der Waals surface area contributed by atoms with Gasteiger partial charge in [-0.25, -0.2) is 8.42 Å². The Hall–Kier alpha value is -1.51. The number of sulfonamides is 1. The summed E-state index contributed by atoms with van der Waals surface area (Å²) < 4.78 is 25.2. The van der Waals surface area contributed by atoms with Crippen LogP contribution in [0.3, 0.4) is 0 Å². The number of para-hydroxylation sites is 1. The van der Waals surface area contributed by atoms with Crippen LogP contribution in [0.5, 0.6) is 0 Å². The maximum absolute atomic E-state index is 12.2. The molecule has 1 N–H and O–H groups in total. The Kier molecular flexibility index (Phi) is 4.38. The van der Waals surface area contributed by atoms with Crippen molar-refractivity contribution in [3.63, 3.8) is 0 Å². The average Bonchev–Trinajstić information content (AvgIpc) is 2.36. The first kappa shape index (κ1) is 14.6. The summed E-state index contributed by atoms with van der Waals surface area (Å²) in [4.78, 5) is 9.68. The quantitative estimate of drug-likeness (QED) is 0.625. The van der Waals surface area contributed by atoms with E-state index in [1.54, 1.807) is 0 Å². The maximum Gasteiger partial charge on any atom is 0.289 e. The Balaban J connectivity index is 3.33. The second-order valence-electron chi connectivity index (χ2n) is 3.78. The predicted octanol–water partition coefficient (Wildman–Crippen LogP) is 0.596. The van der Waals surface area contributed by atoms with E-state index in [-0.39, 0.29) is 11.5 Å². The second-order valence-corrected chi connectivity index (χ2v) is 5.74. The molecule has 1 rings (SSSR count). The molecule has 0 aromatic heterocycles. The van der Waals surface area contributed by atoms with Crippen molar-refractivity contribution in [3.8, 4) is 0 Å². The van der Waals surface area contributed by atoms with Gasteiger partial charge in [-0.2, -0.15) is 4.31 Å². The van der Waals surface area contributed by atoms with Gasteiger partial charge in [0.2, 0.25) is 10.0 Å². The zero-order valence-electron chi connectivity index (χ0n) is 9.98. The molecule has 0 aliphatic heterocycles. The highest BCUT2D eigenvalue weighted by molar-refractivity contribution is 7.89. The molecule has 0 heterocycles. The van der Waals surface area contributed by atoms with Gasteiger partial charge in [0.15, 0.2) is 4.90 Å². The number of nitro groups is 1. The first-order valence-corrected chi connectivity index (χ1v) is 6.58. The van der Waals surface area contributed by atoms with E-state index in [0.29, 0.717) is 0 Å². The van der Waals surface area contributed by atoms with Crippen LogP contribution in [0.15, 0.2) is 29.2 Å². The summed E-state index contributed by atoms with van der Waals surface area (Å²) in [6.07, 6.45) is 0. The molecule has 1 aromatic rings. The third-order valence-electron chi connectivity index (χ3n) is 2.60. The lowest BCUT2D eigenvalue weighted by molar-refractivity contribution is -0.387. The Morgan fingerprint density at radius 3 is 2.50 bits per heavy atom. The first-order chi connectivity index (χ1) is 8.32. The number of hydrogen-bond donors (Lipinski definition) is 1. The summed E-state index contributed by atoms with van der Waals surface area (Å²) in [5.41, 5.74) is -0.477. The number of aliphatic hydroxyl groups is 1. The maximum atomic E-state index is 12.2. The van der Waals surface area contributed by atoms with Crippen molar-refractivity contribution < 1.29 is 18.4 Å². The van der Waals surface area contributed by atoms with Crippen molar-refractivity contribution in [1.82, 2.24) is 4.31 Å². The Morgan fingerprint density at radius 2 is 2.00 bits per heavy atom. The van der Waals surface area contributed by atoms with Gasteiger partial charge in [-0.3, -0.25) is 10.1 Å². The van der Waals surface area contributed by atoms with Gasteiger partial charge in [-0.15, -0.1) is 0 Å². The summed E-state index contributed by atoms with van der Waals surface area (Å²) in [6, 6.07) is 4.46. The highest BCUT2D eigenvalue weighted by atomic mass is 32.2. The highest BCUT2D eigenvalue weighted by Crippen LogP contribution is 2.26. The molecule has 1 atom stereocenters. The molecule has 0 aliphatic rings. The van der Waals surface area contributed by atoms with Crippen LogP contribution in [0, 0.1) is 10.1 Å². The molecule has 18 heavy (non-hydrogen) atoms. The van der Waals surface area contributed by atoms with Crippen LogP contribution in [0.4, 0.5) is 5.69 Å². The van der Waals surface area contributed by atoms with E-state index in [2.05, 4.69) is 0 Å². The predicted molar refractivity (Wildman–Crippen MR) is 64.6 cm³/mol. The fraction of sp³-hybridized carbons (Fsp3) is 0.400. The number of nitro benzene ring substituents is 1. The molecule has 7 nitrogen and oxygen atoms in total. The third-order valence-corrected chi connectivity index (χ3v) is 4.62. The normalized spacial score (nSPS) is 13.6. The van der Waals surface area contributed by atoms with E-state index in [9.17, 15) is 18.5 Å². The standard InChI is InChI=1S/C10H14N2O5S/c1-8(7-13)11(2)18(16,17)10-6-4-3-5-9(10)12(14)15/h3-6,8,13H,7H2,1-2H3. The molecule has 100 valence electrons. The lowest BCUT2D eigenvalue weighted by atomic mass is 10.3. The van der Waals surface area contributed by atoms with E-state index < -0.39 is 26.7 Å². The molecule has 0 radical (unpaired) electrons. The van der Waals surface area contributed by atoms with E-state index >= 15 is 0 Å². The Labute approximate surface area is 105 Å². The summed E-state index contributed by atoms with van der Waals surface area (Å²) >= 11 is 0. The van der Waals surface area contributed by atoms with E-state index in [1.165, 1.54) is 32.2 Å². The van der Waals surface area contributed by atoms with Gasteiger partial charge < -0.3 is 5.11 Å². The van der Waals surface area contributed by atoms with Gasteiger partial charge in [0.05, 0.1) is 11.5 Å². The zero-order valence-corrected chi connectivity index (χ0v) is 10.8. The van der Waals surface area contributed by atoms with Crippen LogP contribution in [-0.2, 0) is 10.0 Å². The molecule has 1 unspecified atom stereocenters. The average molecular weight is 274 g/mol. The van der Waals surface area contributed by atoms with Crippen molar-refractivity contribution in [3.05, 3.63) is 34.4 Å². The number of nitrogens with zero attached hydrogens (tertiary/aromatic N) is 2. The van der Waals surface area contributed by atoms with Gasteiger partial charge in [0.25, 0.3) is 5.69 Å². The molecular weight excluding hydrogens is 260 g/mol. The highest BCUT2D eigenvalue weighted by Gasteiger charge is 2.31. The van der Waals surface area contributed by atoms with E-state index in [4.69, 9.17) is 5.11 Å². The molecule has 0 spiro atoms. The Morgan fingerprint density at radius 1 is 1.44 bits per heavy atom. The summed E-state index contributed by atoms with van der Waals surface area (Å²) in [6.45, 7) is 1.14. The SMILES string of the molecule is CC(CO)N(C)S(=O)(=O)c1ccccc1[N+](=O)[O-]. The smallest absolute Gasteiger partial charge is 0.289 e. The van der Waals surface area contributed by atoms with Crippen LogP contribution in [-0.4, -0.2) is 42.4 Å². The third kappa shape index (κ3) is 2.66. The van der Waals surface area contributed by atoms with Gasteiger partial charge in [-0.1, -0.05) is 12.1 Å². The number of rotatable bonds is 5. The number of likely N-dealkylation sites (N-methyl/N-ethyl adjacent to an activating group) is 1. The number of hydrogen-bond acceptors (Lipinski definition) is 5. The molecule has 0 bridgehead atoms. The molecule has 0 aliphatic carbocycles. The minimum absolute atomic E-state index is 0.365. The van der Waals surface area contributed by atoms with Gasteiger partial charge >= 0.3 is 0 Å². The van der Waals surface area contributed by atoms with Crippen LogP contribution >= 0.6 is 0 Å². The molecule has 0 saturated carbocycles. The lowest BCUT2D eigenvalue weighted by Gasteiger charge is -2.22. The van der Waals surface area contributed by atoms with Crippen LogP contribution in [0.25, 0.3) is 0 Å². The molecule has 0 amide bonds. The van der Waals surface area contributed by atoms with Crippen LogP contribution in [0.2, 0.25) is 0 Å². The number of aliphatic hydroxyl groups excluding tert-OH is 1. The zero-order chi connectivity index (χ0) is 13.9. The van der Waals surface area contributed by atoms with Crippen molar-refractivity contribution in [2.24, 2.45) is 0 Å². The molecule has 0 saturated heterocycles. The lowest BCUT2D eigenvalue weighted by Crippen LogP contribution is -2.37. The minimum atomic E-state index is -3.99. The molecule has 8 heteroatoms. The topological polar surface area (TPSA) is 101 Å². The molecular formula is C10H14N2O5S. The fourth-order valence-electron chi connectivity index (χ4n) is 1.33. The van der Waals surface area contributed by atoms with E-state index in [0.717, 1.165) is 10.4 Å². The minimum Gasteiger partial charge on any atom is -0.395 e. The van der Waals surface area contributed by atoms with Gasteiger partial charge in [0.1, 0.15) is 0 Å². The summed E-state index contributed by atoms with van der Waals surface area (Å²) in [7, 11) is -2.72. The second kappa shape index (κ2) is 5.42. The van der Waals surface area contributed by atoms with E-state index in [1.807, 2.05) is 0 Å². The largest absolute Gasteiger partial charge is 0.395 e. The molecule has 0 fully saturated rings. The van der Waals surface area contributed by atoms with Crippen LogP contribution in [0.1, 0.15) is 6.92 Å².